The highest BCUT2D eigenvalue weighted by molar-refractivity contribution is 5.79. The molecule has 2 N–H and O–H groups in total. The van der Waals surface area contributed by atoms with Crippen molar-refractivity contribution in [2.24, 2.45) is 0 Å². The summed E-state index contributed by atoms with van der Waals surface area (Å²) in [5, 5.41) is 7.39. The molecule has 0 saturated heterocycles. The fourth-order valence-electron chi connectivity index (χ4n) is 2.33. The van der Waals surface area contributed by atoms with Gasteiger partial charge >= 0.3 is 0 Å². The third kappa shape index (κ3) is 3.63. The molecule has 0 atom stereocenters. The van der Waals surface area contributed by atoms with Gasteiger partial charge in [-0.05, 0) is 23.9 Å². The molecule has 0 radical (unpaired) electrons. The van der Waals surface area contributed by atoms with E-state index in [0.717, 1.165) is 10.9 Å². The van der Waals surface area contributed by atoms with E-state index >= 15 is 0 Å². The average molecular weight is 312 g/mol. The highest BCUT2D eigenvalue weighted by atomic mass is 16.5. The van der Waals surface area contributed by atoms with E-state index < -0.39 is 0 Å². The van der Waals surface area contributed by atoms with Crippen LogP contribution in [0.2, 0.25) is 0 Å². The largest absolute Gasteiger partial charge is 0.355 e. The lowest BCUT2D eigenvalue weighted by molar-refractivity contribution is -0.120. The van der Waals surface area contributed by atoms with E-state index in [0.29, 0.717) is 30.2 Å². The number of pyridine rings is 1. The fraction of sp³-hybridized carbons (Fsp3) is 0.250. The van der Waals surface area contributed by atoms with Crippen molar-refractivity contribution >= 4 is 16.8 Å². The van der Waals surface area contributed by atoms with E-state index in [2.05, 4.69) is 20.4 Å². The van der Waals surface area contributed by atoms with Crippen molar-refractivity contribution in [2.75, 3.05) is 6.54 Å². The number of rotatable bonds is 5. The Morgan fingerprint density at radius 3 is 2.96 bits per heavy atom. The molecule has 0 bridgehead atoms. The Morgan fingerprint density at radius 1 is 1.35 bits per heavy atom. The molecule has 23 heavy (non-hydrogen) atoms. The molecule has 7 heteroatoms. The van der Waals surface area contributed by atoms with Crippen molar-refractivity contribution in [3.05, 3.63) is 58.0 Å². The summed E-state index contributed by atoms with van der Waals surface area (Å²) in [5.74, 6) is 0.571. The second kappa shape index (κ2) is 6.43. The molecule has 2 heterocycles. The minimum atomic E-state index is -0.206. The molecule has 2 aromatic heterocycles. The van der Waals surface area contributed by atoms with Crippen LogP contribution in [0.25, 0.3) is 10.9 Å². The Hall–Kier alpha value is -2.96. The third-order valence-electron chi connectivity index (χ3n) is 3.44. The maximum absolute atomic E-state index is 12.0. The molecule has 3 aromatic rings. The van der Waals surface area contributed by atoms with E-state index in [1.807, 2.05) is 30.3 Å². The van der Waals surface area contributed by atoms with Crippen molar-refractivity contribution in [1.29, 1.82) is 0 Å². The molecule has 0 aliphatic heterocycles. The van der Waals surface area contributed by atoms with Crippen LogP contribution in [0.15, 0.2) is 39.6 Å². The van der Waals surface area contributed by atoms with Gasteiger partial charge in [-0.2, -0.15) is 4.98 Å². The number of para-hydroxylation sites is 1. The van der Waals surface area contributed by atoms with Crippen molar-refractivity contribution < 1.29 is 9.32 Å². The van der Waals surface area contributed by atoms with Crippen LogP contribution in [0, 0.1) is 6.92 Å². The molecule has 0 spiro atoms. The second-order valence-electron chi connectivity index (χ2n) is 5.22. The van der Waals surface area contributed by atoms with Gasteiger partial charge in [0.15, 0.2) is 5.82 Å². The van der Waals surface area contributed by atoms with Crippen LogP contribution in [0.1, 0.15) is 17.3 Å². The van der Waals surface area contributed by atoms with E-state index in [4.69, 9.17) is 4.52 Å². The number of H-pyrrole nitrogens is 1. The molecule has 0 fully saturated rings. The molecule has 7 nitrogen and oxygen atoms in total. The van der Waals surface area contributed by atoms with Gasteiger partial charge in [-0.15, -0.1) is 0 Å². The highest BCUT2D eigenvalue weighted by Gasteiger charge is 2.09. The summed E-state index contributed by atoms with van der Waals surface area (Å²) >= 11 is 0. The SMILES string of the molecule is Cc1nc(CC(=O)NCCc2cc3ccccc3[nH]c2=O)no1. The first-order chi connectivity index (χ1) is 11.1. The number of carbonyl (C=O) groups excluding carboxylic acids is 1. The maximum atomic E-state index is 12.0. The number of aryl methyl sites for hydroxylation is 1. The van der Waals surface area contributed by atoms with E-state index in [9.17, 15) is 9.59 Å². The van der Waals surface area contributed by atoms with Crippen LogP contribution < -0.4 is 10.9 Å². The summed E-state index contributed by atoms with van der Waals surface area (Å²) in [7, 11) is 0. The van der Waals surface area contributed by atoms with Crippen LogP contribution in [-0.4, -0.2) is 27.6 Å². The van der Waals surface area contributed by atoms with Crippen LogP contribution in [0.3, 0.4) is 0 Å². The van der Waals surface area contributed by atoms with E-state index in [1.54, 1.807) is 6.92 Å². The smallest absolute Gasteiger partial charge is 0.251 e. The van der Waals surface area contributed by atoms with Gasteiger partial charge in [-0.25, -0.2) is 0 Å². The number of aromatic amines is 1. The first kappa shape index (κ1) is 15.0. The molecule has 118 valence electrons. The summed E-state index contributed by atoms with van der Waals surface area (Å²) in [4.78, 5) is 30.6. The number of nitrogens with one attached hydrogen (secondary N) is 2. The second-order valence-corrected chi connectivity index (χ2v) is 5.22. The van der Waals surface area contributed by atoms with E-state index in [-0.39, 0.29) is 17.9 Å². The quantitative estimate of drug-likeness (QED) is 0.735. The minimum Gasteiger partial charge on any atom is -0.355 e. The molecular formula is C16H16N4O3. The van der Waals surface area contributed by atoms with Gasteiger partial charge in [-0.1, -0.05) is 23.4 Å². The Morgan fingerprint density at radius 2 is 2.17 bits per heavy atom. The van der Waals surface area contributed by atoms with E-state index in [1.165, 1.54) is 0 Å². The number of amides is 1. The number of benzene rings is 1. The predicted molar refractivity (Wildman–Crippen MR) is 84.0 cm³/mol. The molecule has 0 saturated carbocycles. The summed E-state index contributed by atoms with van der Waals surface area (Å²) < 4.78 is 4.81. The Labute approximate surface area is 131 Å². The lowest BCUT2D eigenvalue weighted by atomic mass is 10.1. The molecule has 0 unspecified atom stereocenters. The average Bonchev–Trinajstić information content (AvgIpc) is 2.92. The summed E-state index contributed by atoms with van der Waals surface area (Å²) in [6.07, 6.45) is 0.516. The van der Waals surface area contributed by atoms with Gasteiger partial charge in [0.05, 0.1) is 6.42 Å². The molecule has 0 aliphatic rings. The Bertz CT molecular complexity index is 897. The van der Waals surface area contributed by atoms with Gasteiger partial charge in [0, 0.05) is 24.5 Å². The fourth-order valence-corrected chi connectivity index (χ4v) is 2.33. The van der Waals surface area contributed by atoms with Crippen LogP contribution in [0.5, 0.6) is 0 Å². The number of aromatic nitrogens is 3. The monoisotopic (exact) mass is 312 g/mol. The molecule has 3 rings (SSSR count). The lowest BCUT2D eigenvalue weighted by Gasteiger charge is -2.05. The van der Waals surface area contributed by atoms with Crippen molar-refractivity contribution in [3.8, 4) is 0 Å². The van der Waals surface area contributed by atoms with Gasteiger partial charge in [-0.3, -0.25) is 9.59 Å². The number of hydrogen-bond donors (Lipinski definition) is 2. The minimum absolute atomic E-state index is 0.0609. The third-order valence-corrected chi connectivity index (χ3v) is 3.44. The summed E-state index contributed by atoms with van der Waals surface area (Å²) in [6.45, 7) is 2.04. The maximum Gasteiger partial charge on any atom is 0.251 e. The topological polar surface area (TPSA) is 101 Å². The number of hydrogen-bond acceptors (Lipinski definition) is 5. The van der Waals surface area contributed by atoms with Crippen LogP contribution in [0.4, 0.5) is 0 Å². The molecule has 1 amide bonds. The molecular weight excluding hydrogens is 296 g/mol. The van der Waals surface area contributed by atoms with Gasteiger partial charge in [0.1, 0.15) is 0 Å². The zero-order valence-electron chi connectivity index (χ0n) is 12.6. The van der Waals surface area contributed by atoms with Crippen LogP contribution in [-0.2, 0) is 17.6 Å². The zero-order valence-corrected chi connectivity index (χ0v) is 12.6. The first-order valence-electron chi connectivity index (χ1n) is 7.28. The zero-order chi connectivity index (χ0) is 16.2. The highest BCUT2D eigenvalue weighted by Crippen LogP contribution is 2.10. The van der Waals surface area contributed by atoms with Gasteiger partial charge in [0.25, 0.3) is 5.56 Å². The van der Waals surface area contributed by atoms with Gasteiger partial charge < -0.3 is 14.8 Å². The van der Waals surface area contributed by atoms with Crippen molar-refractivity contribution in [1.82, 2.24) is 20.4 Å². The Balaban J connectivity index is 1.59. The molecule has 1 aromatic carbocycles. The van der Waals surface area contributed by atoms with Crippen LogP contribution >= 0.6 is 0 Å². The predicted octanol–water partition coefficient (Wildman–Crippen LogP) is 1.12. The summed E-state index contributed by atoms with van der Waals surface area (Å²) in [6, 6.07) is 9.43. The lowest BCUT2D eigenvalue weighted by Crippen LogP contribution is -2.29. The number of carbonyl (C=O) groups is 1. The normalized spacial score (nSPS) is 10.8. The van der Waals surface area contributed by atoms with Crippen molar-refractivity contribution in [2.45, 2.75) is 19.8 Å². The van der Waals surface area contributed by atoms with Crippen molar-refractivity contribution in [3.63, 3.8) is 0 Å². The Kier molecular flexibility index (Phi) is 4.18. The summed E-state index contributed by atoms with van der Waals surface area (Å²) in [5.41, 5.74) is 1.31. The molecule has 0 aliphatic carbocycles. The van der Waals surface area contributed by atoms with Gasteiger partial charge in [0.2, 0.25) is 11.8 Å². The first-order valence-corrected chi connectivity index (χ1v) is 7.28. The standard InChI is InChI=1S/C16H16N4O3/c1-10-18-14(20-23-10)9-15(21)17-7-6-12-8-11-4-2-3-5-13(11)19-16(12)22/h2-5,8H,6-7,9H2,1H3,(H,17,21)(H,19,22). The number of fused-ring (bicyclic) bond motifs is 1. The number of nitrogens with zero attached hydrogens (tertiary/aromatic N) is 2.